The highest BCUT2D eigenvalue weighted by Crippen LogP contribution is 2.30. The van der Waals surface area contributed by atoms with Crippen LogP contribution in [-0.2, 0) is 6.54 Å². The van der Waals surface area contributed by atoms with E-state index in [4.69, 9.17) is 0 Å². The monoisotopic (exact) mass is 395 g/mol. The fourth-order valence-corrected chi connectivity index (χ4v) is 4.32. The lowest BCUT2D eigenvalue weighted by Gasteiger charge is -2.26. The molecule has 0 saturated carbocycles. The van der Waals surface area contributed by atoms with E-state index in [-0.39, 0.29) is 0 Å². The van der Waals surface area contributed by atoms with Gasteiger partial charge < -0.3 is 4.90 Å². The molecule has 0 radical (unpaired) electrons. The van der Waals surface area contributed by atoms with Gasteiger partial charge in [-0.3, -0.25) is 0 Å². The predicted octanol–water partition coefficient (Wildman–Crippen LogP) is 6.56. The Hall–Kier alpha value is -3.13. The van der Waals surface area contributed by atoms with E-state index >= 15 is 0 Å². The van der Waals surface area contributed by atoms with Crippen molar-refractivity contribution in [3.8, 4) is 11.1 Å². The summed E-state index contributed by atoms with van der Waals surface area (Å²) in [7, 11) is 2.12. The summed E-state index contributed by atoms with van der Waals surface area (Å²) in [5.74, 6) is 0. The van der Waals surface area contributed by atoms with Crippen molar-refractivity contribution in [2.75, 3.05) is 11.9 Å². The van der Waals surface area contributed by atoms with Crippen molar-refractivity contribution in [3.05, 3.63) is 95.0 Å². The Morgan fingerprint density at radius 3 is 2.30 bits per heavy atom. The number of benzene rings is 1. The number of anilines is 1. The minimum Gasteiger partial charge on any atom is -0.344 e. The van der Waals surface area contributed by atoms with Crippen LogP contribution in [0.15, 0.2) is 72.5 Å². The summed E-state index contributed by atoms with van der Waals surface area (Å²) in [5, 5.41) is 0. The molecule has 2 nitrogen and oxygen atoms in total. The van der Waals surface area contributed by atoms with Gasteiger partial charge >= 0.3 is 0 Å². The lowest BCUT2D eigenvalue weighted by Crippen LogP contribution is -2.37. The highest BCUT2D eigenvalue weighted by molar-refractivity contribution is 5.76. The zero-order chi connectivity index (χ0) is 21.1. The Labute approximate surface area is 180 Å². The number of fused-ring (bicyclic) bond motifs is 2. The molecule has 1 aromatic carbocycles. The van der Waals surface area contributed by atoms with Crippen LogP contribution in [0.5, 0.6) is 0 Å². The molecule has 4 rings (SSSR count). The SMILES string of the molecule is CCCC[n+]1c(C)c2ccc(/C=C/C=C3/C=Cc4ccccc4N3C)ccc-2c1C. The summed E-state index contributed by atoms with van der Waals surface area (Å²) in [6, 6.07) is 17.5. The summed E-state index contributed by atoms with van der Waals surface area (Å²) >= 11 is 0. The number of nitrogens with zero attached hydrogens (tertiary/aromatic N) is 2. The smallest absolute Gasteiger partial charge is 0.186 e. The molecular formula is C28H31N2+. The number of hydrogen-bond donors (Lipinski definition) is 0. The molecule has 0 unspecified atom stereocenters. The fourth-order valence-electron chi connectivity index (χ4n) is 4.32. The summed E-state index contributed by atoms with van der Waals surface area (Å²) in [6.45, 7) is 7.85. The largest absolute Gasteiger partial charge is 0.344 e. The van der Waals surface area contributed by atoms with Gasteiger partial charge in [0.2, 0.25) is 0 Å². The fraction of sp³-hybridized carbons (Fsp3) is 0.250. The van der Waals surface area contributed by atoms with Crippen molar-refractivity contribution in [2.24, 2.45) is 0 Å². The lowest BCUT2D eigenvalue weighted by atomic mass is 10.1. The zero-order valence-electron chi connectivity index (χ0n) is 18.5. The van der Waals surface area contributed by atoms with E-state index in [2.05, 4.69) is 116 Å². The van der Waals surface area contributed by atoms with Crippen LogP contribution in [0.4, 0.5) is 5.69 Å². The van der Waals surface area contributed by atoms with Gasteiger partial charge in [-0.15, -0.1) is 0 Å². The Bertz CT molecular complexity index is 1080. The van der Waals surface area contributed by atoms with Gasteiger partial charge in [0.1, 0.15) is 6.54 Å². The predicted molar refractivity (Wildman–Crippen MR) is 129 cm³/mol. The van der Waals surface area contributed by atoms with Crippen LogP contribution in [0, 0.1) is 13.8 Å². The second kappa shape index (κ2) is 8.71. The second-order valence-electron chi connectivity index (χ2n) is 8.07. The summed E-state index contributed by atoms with van der Waals surface area (Å²) in [4.78, 5) is 2.24. The number of likely N-dealkylation sites (N-methyl/N-ethyl adjacent to an activating group) is 1. The number of rotatable bonds is 5. The van der Waals surface area contributed by atoms with Gasteiger partial charge in [0, 0.05) is 38.7 Å². The van der Waals surface area contributed by atoms with Gasteiger partial charge in [-0.1, -0.05) is 61.9 Å². The van der Waals surface area contributed by atoms with Crippen LogP contribution >= 0.6 is 0 Å². The van der Waals surface area contributed by atoms with Crippen molar-refractivity contribution >= 4 is 17.8 Å². The first-order valence-electron chi connectivity index (χ1n) is 10.9. The van der Waals surface area contributed by atoms with Crippen molar-refractivity contribution in [2.45, 2.75) is 40.2 Å². The van der Waals surface area contributed by atoms with Crippen molar-refractivity contribution in [1.29, 1.82) is 0 Å². The Morgan fingerprint density at radius 2 is 1.60 bits per heavy atom. The van der Waals surface area contributed by atoms with Gasteiger partial charge in [0.15, 0.2) is 11.4 Å². The topological polar surface area (TPSA) is 7.12 Å². The molecule has 0 spiro atoms. The van der Waals surface area contributed by atoms with Crippen LogP contribution in [0.3, 0.4) is 0 Å². The molecule has 30 heavy (non-hydrogen) atoms. The maximum atomic E-state index is 2.47. The number of hydrogen-bond acceptors (Lipinski definition) is 1. The van der Waals surface area contributed by atoms with Gasteiger partial charge in [0.05, 0.1) is 11.1 Å². The maximum absolute atomic E-state index is 2.47. The minimum atomic E-state index is 1.11. The molecule has 0 amide bonds. The van der Waals surface area contributed by atoms with Crippen molar-refractivity contribution in [3.63, 3.8) is 0 Å². The van der Waals surface area contributed by atoms with Crippen molar-refractivity contribution < 1.29 is 4.57 Å². The lowest BCUT2D eigenvalue weighted by molar-refractivity contribution is -0.704. The molecule has 0 aromatic heterocycles. The summed E-state index contributed by atoms with van der Waals surface area (Å²) < 4.78 is 2.47. The quantitative estimate of drug-likeness (QED) is 0.444. The zero-order valence-corrected chi connectivity index (χ0v) is 18.5. The van der Waals surface area contributed by atoms with E-state index in [1.54, 1.807) is 0 Å². The molecular weight excluding hydrogens is 364 g/mol. The molecule has 0 saturated heterocycles. The number of aromatic nitrogens is 1. The number of unbranched alkanes of at least 4 members (excludes halogenated alkanes) is 1. The molecule has 2 heteroatoms. The molecule has 2 aliphatic heterocycles. The minimum absolute atomic E-state index is 1.11. The molecule has 0 atom stereocenters. The van der Waals surface area contributed by atoms with E-state index in [0.717, 1.165) is 6.54 Å². The average molecular weight is 396 g/mol. The normalized spacial score (nSPS) is 14.8. The van der Waals surface area contributed by atoms with E-state index < -0.39 is 0 Å². The molecule has 1 aliphatic carbocycles. The van der Waals surface area contributed by atoms with E-state index in [0.29, 0.717) is 0 Å². The molecule has 2 heterocycles. The molecule has 1 aromatic rings. The first-order valence-corrected chi connectivity index (χ1v) is 10.9. The van der Waals surface area contributed by atoms with E-state index in [1.165, 1.54) is 57.9 Å². The van der Waals surface area contributed by atoms with E-state index in [1.807, 2.05) is 0 Å². The summed E-state index contributed by atoms with van der Waals surface area (Å²) in [6.07, 6.45) is 13.3. The summed E-state index contributed by atoms with van der Waals surface area (Å²) in [5.41, 5.74) is 10.4. The Morgan fingerprint density at radius 1 is 0.900 bits per heavy atom. The molecule has 0 N–H and O–H groups in total. The Balaban J connectivity index is 1.58. The van der Waals surface area contributed by atoms with Gasteiger partial charge in [0.25, 0.3) is 0 Å². The molecule has 0 fully saturated rings. The third kappa shape index (κ3) is 3.82. The molecule has 3 aliphatic rings. The highest BCUT2D eigenvalue weighted by atomic mass is 15.1. The van der Waals surface area contributed by atoms with Crippen LogP contribution < -0.4 is 9.47 Å². The van der Waals surface area contributed by atoms with Gasteiger partial charge in [-0.25, -0.2) is 0 Å². The third-order valence-corrected chi connectivity index (χ3v) is 6.17. The van der Waals surface area contributed by atoms with Crippen LogP contribution in [0.25, 0.3) is 23.3 Å². The van der Waals surface area contributed by atoms with Crippen LogP contribution in [-0.4, -0.2) is 7.05 Å². The van der Waals surface area contributed by atoms with Crippen LogP contribution in [0.2, 0.25) is 0 Å². The van der Waals surface area contributed by atoms with Crippen LogP contribution in [0.1, 0.15) is 42.3 Å². The molecule has 152 valence electrons. The maximum Gasteiger partial charge on any atom is 0.186 e. The van der Waals surface area contributed by atoms with Gasteiger partial charge in [-0.2, -0.15) is 4.57 Å². The number of allylic oxidation sites excluding steroid dienone is 3. The first-order chi connectivity index (χ1) is 14.6. The van der Waals surface area contributed by atoms with E-state index in [9.17, 15) is 0 Å². The Kier molecular flexibility index (Phi) is 5.85. The number of para-hydroxylation sites is 1. The third-order valence-electron chi connectivity index (χ3n) is 6.17. The standard InChI is InChI=1S/C28H31N2/c1-5-6-20-30-21(2)26-18-14-23(15-19-27(26)22(30)3)10-9-12-25-17-16-24-11-7-8-13-28(24)29(25)4/h7-19H,5-6,20H2,1-4H3/q+1. The van der Waals surface area contributed by atoms with Gasteiger partial charge in [-0.05, 0) is 41.5 Å². The van der Waals surface area contributed by atoms with Crippen molar-refractivity contribution in [1.82, 2.24) is 0 Å². The second-order valence-corrected chi connectivity index (χ2v) is 8.07. The average Bonchev–Trinajstić information content (AvgIpc) is 2.89. The first kappa shape index (κ1) is 20.2. The molecule has 0 bridgehead atoms. The highest BCUT2D eigenvalue weighted by Gasteiger charge is 2.24.